The third kappa shape index (κ3) is 4.92. The summed E-state index contributed by atoms with van der Waals surface area (Å²) in [5, 5.41) is 0.563. The van der Waals surface area contributed by atoms with E-state index in [1.54, 1.807) is 35.6 Å². The lowest BCUT2D eigenvalue weighted by molar-refractivity contribution is -0.110. The minimum atomic E-state index is -0.645. The number of ether oxygens (including phenoxy) is 1. The summed E-state index contributed by atoms with van der Waals surface area (Å²) in [6, 6.07) is 13.6. The van der Waals surface area contributed by atoms with Crippen LogP contribution in [0.2, 0.25) is 5.02 Å². The van der Waals surface area contributed by atoms with Gasteiger partial charge >= 0.3 is 6.03 Å². The van der Waals surface area contributed by atoms with Gasteiger partial charge < -0.3 is 14.4 Å². The molecular formula is C27H29ClN4O4. The number of benzene rings is 2. The molecule has 36 heavy (non-hydrogen) atoms. The molecule has 8 nitrogen and oxygen atoms in total. The predicted molar refractivity (Wildman–Crippen MR) is 139 cm³/mol. The van der Waals surface area contributed by atoms with Crippen LogP contribution in [0.25, 0.3) is 17.1 Å². The van der Waals surface area contributed by atoms with Crippen molar-refractivity contribution in [2.75, 3.05) is 25.2 Å². The van der Waals surface area contributed by atoms with Gasteiger partial charge in [0.25, 0.3) is 0 Å². The highest BCUT2D eigenvalue weighted by atomic mass is 35.5. The fraction of sp³-hybridized carbons (Fsp3) is 0.333. The Morgan fingerprint density at radius 2 is 1.81 bits per heavy atom. The molecule has 0 radical (unpaired) electrons. The van der Waals surface area contributed by atoms with Gasteiger partial charge in [0.15, 0.2) is 12.1 Å². The van der Waals surface area contributed by atoms with Crippen LogP contribution in [0.4, 0.5) is 10.6 Å². The van der Waals surface area contributed by atoms with Gasteiger partial charge in [-0.15, -0.1) is 0 Å². The van der Waals surface area contributed by atoms with E-state index in [-0.39, 0.29) is 17.6 Å². The van der Waals surface area contributed by atoms with Crippen LogP contribution in [0.5, 0.6) is 0 Å². The first-order chi connectivity index (χ1) is 17.4. The molecule has 1 saturated heterocycles. The minimum Gasteiger partial charge on any atom is -0.381 e. The fourth-order valence-corrected chi connectivity index (χ4v) is 4.48. The third-order valence-electron chi connectivity index (χ3n) is 6.58. The number of likely N-dealkylation sites (N-methyl/N-ethyl adjacent to an activating group) is 1. The molecule has 1 aliphatic rings. The first-order valence-electron chi connectivity index (χ1n) is 11.9. The molecular weight excluding hydrogens is 480 g/mol. The number of hydrogen-bond acceptors (Lipinski definition) is 5. The lowest BCUT2D eigenvalue weighted by atomic mass is 10.1. The molecule has 0 N–H and O–H groups in total. The largest absolute Gasteiger partial charge is 0.381 e. The molecule has 0 saturated carbocycles. The average Bonchev–Trinajstić information content (AvgIpc) is 3.27. The van der Waals surface area contributed by atoms with E-state index in [2.05, 4.69) is 0 Å². The van der Waals surface area contributed by atoms with Gasteiger partial charge in [-0.05, 0) is 56.5 Å². The summed E-state index contributed by atoms with van der Waals surface area (Å²) < 4.78 is 7.28. The maximum absolute atomic E-state index is 13.8. The second-order valence-electron chi connectivity index (χ2n) is 8.87. The molecule has 0 bridgehead atoms. The van der Waals surface area contributed by atoms with Gasteiger partial charge in [-0.25, -0.2) is 9.78 Å². The topological polar surface area (TPSA) is 84.7 Å². The van der Waals surface area contributed by atoms with Crippen LogP contribution in [0.3, 0.4) is 0 Å². The summed E-state index contributed by atoms with van der Waals surface area (Å²) in [4.78, 5) is 45.8. The van der Waals surface area contributed by atoms with Crippen LogP contribution < -0.4 is 4.90 Å². The predicted octanol–water partition coefficient (Wildman–Crippen LogP) is 4.94. The number of urea groups is 1. The Kier molecular flexibility index (Phi) is 7.86. The van der Waals surface area contributed by atoms with Crippen molar-refractivity contribution in [3.8, 4) is 17.1 Å². The summed E-state index contributed by atoms with van der Waals surface area (Å²) in [5.41, 5.74) is 2.73. The maximum atomic E-state index is 13.8. The Hall–Kier alpha value is -3.49. The van der Waals surface area contributed by atoms with E-state index in [4.69, 9.17) is 21.3 Å². The second kappa shape index (κ2) is 11.1. The highest BCUT2D eigenvalue weighted by Crippen LogP contribution is 2.35. The number of carbonyl (C=O) groups excluding carboxylic acids is 3. The maximum Gasteiger partial charge on any atom is 0.326 e. The summed E-state index contributed by atoms with van der Waals surface area (Å²) in [5.74, 6) is 0.781. The van der Waals surface area contributed by atoms with Crippen LogP contribution >= 0.6 is 11.6 Å². The summed E-state index contributed by atoms with van der Waals surface area (Å²) in [6.07, 6.45) is 2.61. The lowest BCUT2D eigenvalue weighted by Gasteiger charge is -2.36. The van der Waals surface area contributed by atoms with Gasteiger partial charge in [-0.2, -0.15) is 0 Å². The van der Waals surface area contributed by atoms with Crippen molar-refractivity contribution in [2.45, 2.75) is 38.8 Å². The second-order valence-corrected chi connectivity index (χ2v) is 9.31. The molecule has 1 fully saturated rings. The van der Waals surface area contributed by atoms with E-state index >= 15 is 0 Å². The molecule has 0 aliphatic carbocycles. The molecule has 2 heterocycles. The average molecular weight is 509 g/mol. The Morgan fingerprint density at radius 3 is 2.42 bits per heavy atom. The van der Waals surface area contributed by atoms with Crippen molar-refractivity contribution in [2.24, 2.45) is 0 Å². The van der Waals surface area contributed by atoms with E-state index in [9.17, 15) is 14.4 Å². The van der Waals surface area contributed by atoms with Gasteiger partial charge in [-0.1, -0.05) is 35.9 Å². The van der Waals surface area contributed by atoms with Crippen molar-refractivity contribution in [1.29, 1.82) is 0 Å². The quantitative estimate of drug-likeness (QED) is 0.422. The molecule has 4 rings (SSSR count). The molecule has 188 valence electrons. The molecule has 0 spiro atoms. The monoisotopic (exact) mass is 508 g/mol. The highest BCUT2D eigenvalue weighted by molar-refractivity contribution is 6.30. The van der Waals surface area contributed by atoms with Crippen molar-refractivity contribution in [3.05, 3.63) is 64.8 Å². The molecule has 2 amide bonds. The van der Waals surface area contributed by atoms with Crippen LogP contribution in [-0.2, 0) is 9.53 Å². The molecule has 1 atom stereocenters. The number of aryl methyl sites for hydroxylation is 1. The number of hydrogen-bond donors (Lipinski definition) is 0. The number of nitrogens with zero attached hydrogens (tertiary/aromatic N) is 4. The Labute approximate surface area is 215 Å². The third-order valence-corrected chi connectivity index (χ3v) is 6.83. The normalized spacial score (nSPS) is 14.8. The van der Waals surface area contributed by atoms with Crippen molar-refractivity contribution in [3.63, 3.8) is 0 Å². The zero-order valence-corrected chi connectivity index (χ0v) is 21.3. The van der Waals surface area contributed by atoms with Crippen LogP contribution in [0, 0.1) is 6.92 Å². The Bertz CT molecular complexity index is 1250. The van der Waals surface area contributed by atoms with Crippen molar-refractivity contribution < 1.29 is 19.1 Å². The van der Waals surface area contributed by atoms with Crippen LogP contribution in [0.15, 0.2) is 48.5 Å². The van der Waals surface area contributed by atoms with Gasteiger partial charge in [-0.3, -0.25) is 14.3 Å². The van der Waals surface area contributed by atoms with Gasteiger partial charge in [0.2, 0.25) is 0 Å². The molecule has 9 heteroatoms. The van der Waals surface area contributed by atoms with E-state index < -0.39 is 12.1 Å². The zero-order chi connectivity index (χ0) is 25.8. The summed E-state index contributed by atoms with van der Waals surface area (Å²) in [7, 11) is 1.58. The number of anilines is 1. The van der Waals surface area contributed by atoms with Crippen LogP contribution in [-0.4, -0.2) is 65.4 Å². The standard InChI is InChI=1S/C27H29ClN4O4/c1-18-6-4-5-7-23(18)25-29-26(24(17-34)31(25)21-10-8-20(28)9-11-21)32(22-12-14-36-15-13-22)27(35)30(3)19(2)16-33/h4-11,16-17,19,22H,12-15H2,1-3H3. The lowest BCUT2D eigenvalue weighted by Crippen LogP contribution is -2.52. The molecule has 1 aliphatic heterocycles. The first kappa shape index (κ1) is 25.6. The van der Waals surface area contributed by atoms with Crippen molar-refractivity contribution >= 4 is 36.0 Å². The summed E-state index contributed by atoms with van der Waals surface area (Å²) in [6.45, 7) is 4.59. The Morgan fingerprint density at radius 1 is 1.14 bits per heavy atom. The number of amides is 2. The van der Waals surface area contributed by atoms with Gasteiger partial charge in [0, 0.05) is 42.6 Å². The molecule has 1 unspecified atom stereocenters. The SMILES string of the molecule is Cc1ccccc1-c1nc(N(C(=O)N(C)C(C)C=O)C2CCOCC2)c(C=O)n1-c1ccc(Cl)cc1. The zero-order valence-electron chi connectivity index (χ0n) is 20.6. The fourth-order valence-electron chi connectivity index (χ4n) is 4.36. The number of halogens is 1. The number of imidazole rings is 1. The van der Waals surface area contributed by atoms with Gasteiger partial charge in [0.1, 0.15) is 17.8 Å². The molecule has 1 aromatic heterocycles. The van der Waals surface area contributed by atoms with Crippen LogP contribution in [0.1, 0.15) is 35.8 Å². The number of aromatic nitrogens is 2. The summed E-state index contributed by atoms with van der Waals surface area (Å²) >= 11 is 6.14. The number of aldehydes is 2. The van der Waals surface area contributed by atoms with Gasteiger partial charge in [0.05, 0.1) is 6.04 Å². The smallest absolute Gasteiger partial charge is 0.326 e. The molecule has 2 aromatic carbocycles. The van der Waals surface area contributed by atoms with E-state index in [1.165, 1.54) is 4.90 Å². The Balaban J connectivity index is 1.98. The number of rotatable bonds is 7. The van der Waals surface area contributed by atoms with Crippen molar-refractivity contribution in [1.82, 2.24) is 14.5 Å². The van der Waals surface area contributed by atoms with E-state index in [0.29, 0.717) is 48.9 Å². The number of carbonyl (C=O) groups is 3. The molecule has 3 aromatic rings. The first-order valence-corrected chi connectivity index (χ1v) is 12.2. The highest BCUT2D eigenvalue weighted by Gasteiger charge is 2.36. The van der Waals surface area contributed by atoms with E-state index in [1.807, 2.05) is 43.3 Å². The van der Waals surface area contributed by atoms with E-state index in [0.717, 1.165) is 17.4 Å². The minimum absolute atomic E-state index is 0.238.